The van der Waals surface area contributed by atoms with Crippen LogP contribution in [0.15, 0.2) is 36.7 Å². The van der Waals surface area contributed by atoms with Crippen LogP contribution < -0.4 is 4.74 Å². The average Bonchev–Trinajstić information content (AvgIpc) is 2.81. The summed E-state index contributed by atoms with van der Waals surface area (Å²) in [5.41, 5.74) is 1.09. The molecule has 4 nitrogen and oxygen atoms in total. The Morgan fingerprint density at radius 3 is 2.84 bits per heavy atom. The number of ether oxygens (including phenoxy) is 1. The van der Waals surface area contributed by atoms with E-state index >= 15 is 0 Å². The van der Waals surface area contributed by atoms with E-state index in [4.69, 9.17) is 4.74 Å². The Balaban J connectivity index is 2.16. The van der Waals surface area contributed by atoms with Crippen molar-refractivity contribution in [1.82, 2.24) is 9.78 Å². The predicted octanol–water partition coefficient (Wildman–Crippen LogP) is 2.46. The smallest absolute Gasteiger partial charge is 0.185 e. The van der Waals surface area contributed by atoms with Gasteiger partial charge in [0.1, 0.15) is 0 Å². The Morgan fingerprint density at radius 2 is 2.26 bits per heavy atom. The third-order valence-electron chi connectivity index (χ3n) is 2.59. The van der Waals surface area contributed by atoms with Gasteiger partial charge in [-0.2, -0.15) is 5.10 Å². The molecule has 5 heteroatoms. The molecule has 0 aliphatic heterocycles. The second-order valence-corrected chi connectivity index (χ2v) is 3.99. The van der Waals surface area contributed by atoms with Crippen molar-refractivity contribution in [1.29, 1.82) is 0 Å². The molecule has 0 spiro atoms. The first-order valence-corrected chi connectivity index (χ1v) is 5.65. The molecule has 1 heterocycles. The van der Waals surface area contributed by atoms with Gasteiger partial charge in [-0.1, -0.05) is 0 Å². The van der Waals surface area contributed by atoms with Gasteiger partial charge in [0, 0.05) is 24.4 Å². The molecule has 2 rings (SSSR count). The number of halogens is 1. The van der Waals surface area contributed by atoms with E-state index < -0.39 is 5.82 Å². The van der Waals surface area contributed by atoms with E-state index in [1.165, 1.54) is 25.3 Å². The van der Waals surface area contributed by atoms with Crippen LogP contribution in [0.1, 0.15) is 15.9 Å². The van der Waals surface area contributed by atoms with E-state index in [-0.39, 0.29) is 17.1 Å². The lowest BCUT2D eigenvalue weighted by atomic mass is 10.1. The number of nitrogens with zero attached hydrogens (tertiary/aromatic N) is 2. The second kappa shape index (κ2) is 5.48. The van der Waals surface area contributed by atoms with Crippen molar-refractivity contribution >= 4 is 11.9 Å². The number of aromatic nitrogens is 2. The molecule has 98 valence electrons. The Hall–Kier alpha value is -2.43. The first-order valence-electron chi connectivity index (χ1n) is 5.65. The molecule has 0 radical (unpaired) electrons. The molecule has 0 saturated carbocycles. The maximum atomic E-state index is 13.5. The zero-order chi connectivity index (χ0) is 13.8. The van der Waals surface area contributed by atoms with Crippen LogP contribution in [0.2, 0.25) is 0 Å². The van der Waals surface area contributed by atoms with E-state index in [0.717, 1.165) is 11.6 Å². The number of carbonyl (C=O) groups is 1. The zero-order valence-corrected chi connectivity index (χ0v) is 10.6. The SMILES string of the molecule is COc1ccc(C(=O)/C=C/c2cnn(C)c2)cc1F. The summed E-state index contributed by atoms with van der Waals surface area (Å²) in [4.78, 5) is 11.9. The van der Waals surface area contributed by atoms with Crippen LogP contribution in [0.5, 0.6) is 5.75 Å². The number of ketones is 1. The van der Waals surface area contributed by atoms with Crippen molar-refractivity contribution in [3.8, 4) is 5.75 Å². The van der Waals surface area contributed by atoms with Crippen molar-refractivity contribution in [2.24, 2.45) is 7.05 Å². The average molecular weight is 260 g/mol. The quantitative estimate of drug-likeness (QED) is 0.626. The summed E-state index contributed by atoms with van der Waals surface area (Å²) in [6.07, 6.45) is 6.44. The molecule has 0 aliphatic carbocycles. The van der Waals surface area contributed by atoms with Gasteiger partial charge in [0.25, 0.3) is 0 Å². The van der Waals surface area contributed by atoms with Crippen LogP contribution in [0.25, 0.3) is 6.08 Å². The van der Waals surface area contributed by atoms with Gasteiger partial charge in [-0.25, -0.2) is 4.39 Å². The molecule has 0 amide bonds. The lowest BCUT2D eigenvalue weighted by Crippen LogP contribution is -1.96. The van der Waals surface area contributed by atoms with Crippen LogP contribution in [0, 0.1) is 5.82 Å². The highest BCUT2D eigenvalue weighted by atomic mass is 19.1. The molecule has 19 heavy (non-hydrogen) atoms. The van der Waals surface area contributed by atoms with Crippen LogP contribution in [0.3, 0.4) is 0 Å². The number of hydrogen-bond donors (Lipinski definition) is 0. The number of methoxy groups -OCH3 is 1. The molecule has 0 atom stereocenters. The molecule has 0 fully saturated rings. The van der Waals surface area contributed by atoms with Crippen LogP contribution >= 0.6 is 0 Å². The number of benzene rings is 1. The topological polar surface area (TPSA) is 44.1 Å². The Bertz CT molecular complexity index is 632. The number of aryl methyl sites for hydroxylation is 1. The molecular formula is C14H13FN2O2. The van der Waals surface area contributed by atoms with Crippen molar-refractivity contribution in [2.45, 2.75) is 0 Å². The summed E-state index contributed by atoms with van der Waals surface area (Å²) in [5.74, 6) is -0.707. The van der Waals surface area contributed by atoms with Gasteiger partial charge >= 0.3 is 0 Å². The zero-order valence-electron chi connectivity index (χ0n) is 10.6. The molecule has 0 bridgehead atoms. The maximum absolute atomic E-state index is 13.5. The minimum Gasteiger partial charge on any atom is -0.494 e. The fourth-order valence-corrected chi connectivity index (χ4v) is 1.61. The number of allylic oxidation sites excluding steroid dienone is 1. The summed E-state index contributed by atoms with van der Waals surface area (Å²) >= 11 is 0. The van der Waals surface area contributed by atoms with Gasteiger partial charge < -0.3 is 4.74 Å². The predicted molar refractivity (Wildman–Crippen MR) is 69.5 cm³/mol. The summed E-state index contributed by atoms with van der Waals surface area (Å²) in [7, 11) is 3.17. The molecule has 1 aromatic carbocycles. The Kier molecular flexibility index (Phi) is 3.75. The van der Waals surface area contributed by atoms with E-state index in [0.29, 0.717) is 0 Å². The normalized spacial score (nSPS) is 10.9. The Labute approximate surface area is 110 Å². The highest BCUT2D eigenvalue weighted by molar-refractivity contribution is 6.06. The summed E-state index contributed by atoms with van der Waals surface area (Å²) < 4.78 is 19.9. The molecule has 1 aromatic heterocycles. The minimum absolute atomic E-state index is 0.118. The number of rotatable bonds is 4. The molecule has 0 aliphatic rings. The van der Waals surface area contributed by atoms with Gasteiger partial charge in [-0.3, -0.25) is 9.48 Å². The van der Waals surface area contributed by atoms with E-state index in [1.54, 1.807) is 30.2 Å². The van der Waals surface area contributed by atoms with Gasteiger partial charge in [0.15, 0.2) is 17.3 Å². The third kappa shape index (κ3) is 3.07. The van der Waals surface area contributed by atoms with E-state index in [9.17, 15) is 9.18 Å². The van der Waals surface area contributed by atoms with E-state index in [1.807, 2.05) is 0 Å². The fraction of sp³-hybridized carbons (Fsp3) is 0.143. The summed E-state index contributed by atoms with van der Waals surface area (Å²) in [6.45, 7) is 0. The first-order chi connectivity index (χ1) is 9.10. The van der Waals surface area contributed by atoms with Gasteiger partial charge in [-0.15, -0.1) is 0 Å². The number of hydrogen-bond acceptors (Lipinski definition) is 3. The summed E-state index contributed by atoms with van der Waals surface area (Å²) in [5, 5.41) is 3.98. The number of carbonyl (C=O) groups excluding carboxylic acids is 1. The lowest BCUT2D eigenvalue weighted by molar-refractivity contribution is 0.104. The fourth-order valence-electron chi connectivity index (χ4n) is 1.61. The molecule has 2 aromatic rings. The molecule has 0 unspecified atom stereocenters. The lowest BCUT2D eigenvalue weighted by Gasteiger charge is -2.02. The largest absolute Gasteiger partial charge is 0.494 e. The molecule has 0 N–H and O–H groups in total. The van der Waals surface area contributed by atoms with Crippen LogP contribution in [-0.2, 0) is 7.05 Å². The van der Waals surface area contributed by atoms with Gasteiger partial charge in [0.2, 0.25) is 0 Å². The van der Waals surface area contributed by atoms with E-state index in [2.05, 4.69) is 5.10 Å². The first kappa shape index (κ1) is 13.0. The molecule has 0 saturated heterocycles. The van der Waals surface area contributed by atoms with Gasteiger partial charge in [-0.05, 0) is 30.4 Å². The van der Waals surface area contributed by atoms with Crippen molar-refractivity contribution in [3.63, 3.8) is 0 Å². The highest BCUT2D eigenvalue weighted by Gasteiger charge is 2.07. The molecular weight excluding hydrogens is 247 g/mol. The van der Waals surface area contributed by atoms with Crippen LogP contribution in [0.4, 0.5) is 4.39 Å². The standard InChI is InChI=1S/C14H13FN2O2/c1-17-9-10(8-16-17)3-5-13(18)11-4-6-14(19-2)12(15)7-11/h3-9H,1-2H3/b5-3+. The Morgan fingerprint density at radius 1 is 1.47 bits per heavy atom. The van der Waals surface area contributed by atoms with Gasteiger partial charge in [0.05, 0.1) is 13.3 Å². The minimum atomic E-state index is -0.553. The maximum Gasteiger partial charge on any atom is 0.185 e. The third-order valence-corrected chi connectivity index (χ3v) is 2.59. The monoisotopic (exact) mass is 260 g/mol. The van der Waals surface area contributed by atoms with Crippen molar-refractivity contribution < 1.29 is 13.9 Å². The van der Waals surface area contributed by atoms with Crippen molar-refractivity contribution in [2.75, 3.05) is 7.11 Å². The van der Waals surface area contributed by atoms with Crippen molar-refractivity contribution in [3.05, 3.63) is 53.6 Å². The summed E-state index contributed by atoms with van der Waals surface area (Å²) in [6, 6.07) is 4.12. The van der Waals surface area contributed by atoms with Crippen LogP contribution in [-0.4, -0.2) is 22.7 Å². The second-order valence-electron chi connectivity index (χ2n) is 3.99. The highest BCUT2D eigenvalue weighted by Crippen LogP contribution is 2.18.